The van der Waals surface area contributed by atoms with E-state index in [1.807, 2.05) is 6.92 Å². The van der Waals surface area contributed by atoms with E-state index < -0.39 is 11.8 Å². The molecule has 4 N–H and O–H groups in total. The van der Waals surface area contributed by atoms with Gasteiger partial charge in [0.2, 0.25) is 5.91 Å². The van der Waals surface area contributed by atoms with Crippen molar-refractivity contribution in [3.05, 3.63) is 82.8 Å². The first kappa shape index (κ1) is 27.9. The number of nitrogens with zero attached hydrogens (tertiary/aromatic N) is 3. The first-order valence-corrected chi connectivity index (χ1v) is 12.6. The van der Waals surface area contributed by atoms with E-state index in [0.717, 1.165) is 5.69 Å². The second-order valence-corrected chi connectivity index (χ2v) is 9.34. The van der Waals surface area contributed by atoms with Gasteiger partial charge in [0.1, 0.15) is 11.4 Å². The zero-order valence-electron chi connectivity index (χ0n) is 22.0. The largest absolute Gasteiger partial charge is 0.505 e. The van der Waals surface area contributed by atoms with Crippen LogP contribution in [0.3, 0.4) is 0 Å². The molecule has 0 fully saturated rings. The van der Waals surface area contributed by atoms with Gasteiger partial charge < -0.3 is 21.1 Å². The number of likely N-dealkylation sites (N-methyl/N-ethyl adjacent to an activating group) is 1. The molecular formula is C29H26N6O4S. The Morgan fingerprint density at radius 3 is 2.60 bits per heavy atom. The molecule has 0 aliphatic carbocycles. The monoisotopic (exact) mass is 554 g/mol. The van der Waals surface area contributed by atoms with Gasteiger partial charge in [-0.25, -0.2) is 0 Å². The number of aliphatic imine (C=N–C) groups is 1. The molecule has 0 saturated heterocycles. The molecule has 3 aromatic rings. The van der Waals surface area contributed by atoms with E-state index in [4.69, 9.17) is 12.2 Å². The van der Waals surface area contributed by atoms with Gasteiger partial charge in [-0.1, -0.05) is 42.3 Å². The number of hydrogen-bond acceptors (Lipinski definition) is 7. The first-order valence-electron chi connectivity index (χ1n) is 12.2. The number of anilines is 2. The van der Waals surface area contributed by atoms with E-state index in [-0.39, 0.29) is 40.1 Å². The maximum absolute atomic E-state index is 13.0. The van der Waals surface area contributed by atoms with Crippen LogP contribution in [0.25, 0.3) is 0 Å². The molecule has 0 radical (unpaired) electrons. The van der Waals surface area contributed by atoms with Crippen LogP contribution in [0.2, 0.25) is 0 Å². The fourth-order valence-corrected chi connectivity index (χ4v) is 4.18. The summed E-state index contributed by atoms with van der Waals surface area (Å²) in [5, 5.41) is 22.7. The highest BCUT2D eigenvalue weighted by Gasteiger charge is 2.24. The van der Waals surface area contributed by atoms with Gasteiger partial charge in [-0.05, 0) is 37.3 Å². The fraction of sp³-hybridized carbons (Fsp3) is 0.172. The van der Waals surface area contributed by atoms with Crippen LogP contribution in [0.4, 0.5) is 11.4 Å². The number of rotatable bonds is 6. The van der Waals surface area contributed by atoms with E-state index >= 15 is 0 Å². The molecule has 0 bridgehead atoms. The Bertz CT molecular complexity index is 1640. The summed E-state index contributed by atoms with van der Waals surface area (Å²) in [7, 11) is 3.20. The smallest absolute Gasteiger partial charge is 0.273 e. The van der Waals surface area contributed by atoms with Crippen LogP contribution in [0, 0.1) is 24.7 Å². The Labute approximate surface area is 236 Å². The fourth-order valence-electron chi connectivity index (χ4n) is 3.92. The maximum atomic E-state index is 13.0. The number of para-hydroxylation sites is 1. The number of amides is 3. The summed E-state index contributed by atoms with van der Waals surface area (Å²) >= 11 is 5.54. The van der Waals surface area contributed by atoms with Gasteiger partial charge in [-0.15, -0.1) is 0 Å². The average molecular weight is 555 g/mol. The number of aromatic nitrogens is 2. The normalized spacial score (nSPS) is 14.0. The first-order chi connectivity index (χ1) is 19.2. The summed E-state index contributed by atoms with van der Waals surface area (Å²) in [5.41, 5.74) is 3.02. The summed E-state index contributed by atoms with van der Waals surface area (Å²) in [6.45, 7) is 1.81. The second-order valence-electron chi connectivity index (χ2n) is 8.90. The summed E-state index contributed by atoms with van der Waals surface area (Å²) in [6.07, 6.45) is 2.85. The molecule has 1 aromatic heterocycles. The van der Waals surface area contributed by atoms with Crippen LogP contribution in [0.15, 0.2) is 65.3 Å². The van der Waals surface area contributed by atoms with Gasteiger partial charge in [0.15, 0.2) is 0 Å². The number of nitrogens with one attached hydrogen (secondary N) is 3. The Morgan fingerprint density at radius 2 is 1.88 bits per heavy atom. The molecule has 202 valence electrons. The zero-order chi connectivity index (χ0) is 28.8. The molecule has 1 aliphatic heterocycles. The summed E-state index contributed by atoms with van der Waals surface area (Å²) in [6, 6.07) is 13.5. The standard InChI is InChI=1S/C29H26N6O4S/c1-17-12-24(35(3)34-17)29(39)32-21-8-4-6-18(13-21)10-11-20-15-31-16-22(27(20)40)28(38)33-23-9-5-7-19(26(23)37)14-25(36)30-2/h4-9,12-13,15-16,20,37H,14H2,1-3H3,(H,30,36)(H,32,39)(H,33,38)/t20-/m0/s1. The van der Waals surface area contributed by atoms with Crippen LogP contribution < -0.4 is 16.0 Å². The molecule has 2 aromatic carbocycles. The number of thiocarbonyl (C=S) groups is 1. The predicted octanol–water partition coefficient (Wildman–Crippen LogP) is 2.92. The maximum Gasteiger partial charge on any atom is 0.273 e. The van der Waals surface area contributed by atoms with Gasteiger partial charge in [0.25, 0.3) is 11.8 Å². The van der Waals surface area contributed by atoms with Crippen molar-refractivity contribution in [2.75, 3.05) is 17.7 Å². The third kappa shape index (κ3) is 6.48. The number of aromatic hydroxyl groups is 1. The predicted molar refractivity (Wildman–Crippen MR) is 156 cm³/mol. The molecule has 40 heavy (non-hydrogen) atoms. The third-order valence-corrected chi connectivity index (χ3v) is 6.43. The molecule has 3 amide bonds. The SMILES string of the molecule is CNC(=O)Cc1cccc(NC(=O)C2=CN=C[C@H](C#Cc3cccc(NC(=O)c4cc(C)nn4C)c3)C2=S)c1O. The van der Waals surface area contributed by atoms with Gasteiger partial charge in [0, 0.05) is 48.2 Å². The van der Waals surface area contributed by atoms with Crippen molar-refractivity contribution in [1.82, 2.24) is 15.1 Å². The average Bonchev–Trinajstić information content (AvgIpc) is 3.28. The molecule has 1 aliphatic rings. The number of hydrogen-bond donors (Lipinski definition) is 4. The van der Waals surface area contributed by atoms with Gasteiger partial charge in [0.05, 0.1) is 29.3 Å². The molecule has 11 heteroatoms. The minimum absolute atomic E-state index is 0.0387. The van der Waals surface area contributed by atoms with Crippen LogP contribution in [-0.4, -0.2) is 50.7 Å². The lowest BCUT2D eigenvalue weighted by Gasteiger charge is -2.16. The Hall–Kier alpha value is -5.08. The summed E-state index contributed by atoms with van der Waals surface area (Å²) < 4.78 is 1.52. The molecule has 0 unspecified atom stereocenters. The topological polar surface area (TPSA) is 138 Å². The van der Waals surface area contributed by atoms with Gasteiger partial charge >= 0.3 is 0 Å². The quantitative estimate of drug-likeness (QED) is 0.210. The lowest BCUT2D eigenvalue weighted by atomic mass is 9.97. The highest BCUT2D eigenvalue weighted by molar-refractivity contribution is 7.81. The van der Waals surface area contributed by atoms with E-state index in [2.05, 4.69) is 37.9 Å². The van der Waals surface area contributed by atoms with Crippen molar-refractivity contribution in [1.29, 1.82) is 0 Å². The highest BCUT2D eigenvalue weighted by Crippen LogP contribution is 2.29. The number of carbonyl (C=O) groups is 3. The number of aryl methyl sites for hydroxylation is 2. The van der Waals surface area contributed by atoms with Crippen LogP contribution in [0.1, 0.15) is 27.3 Å². The van der Waals surface area contributed by atoms with Crippen molar-refractivity contribution in [2.24, 2.45) is 18.0 Å². The number of benzene rings is 2. The zero-order valence-corrected chi connectivity index (χ0v) is 22.8. The summed E-state index contributed by atoms with van der Waals surface area (Å²) in [4.78, 5) is 41.7. The minimum Gasteiger partial charge on any atom is -0.505 e. The molecule has 1 atom stereocenters. The van der Waals surface area contributed by atoms with Crippen molar-refractivity contribution < 1.29 is 19.5 Å². The summed E-state index contributed by atoms with van der Waals surface area (Å²) in [5.74, 6) is 4.12. The Morgan fingerprint density at radius 1 is 1.10 bits per heavy atom. The van der Waals surface area contributed by atoms with E-state index in [1.165, 1.54) is 24.0 Å². The molecule has 4 rings (SSSR count). The third-order valence-electron chi connectivity index (χ3n) is 5.96. The lowest BCUT2D eigenvalue weighted by molar-refractivity contribution is -0.120. The Kier molecular flexibility index (Phi) is 8.51. The minimum atomic E-state index is -0.607. The number of carbonyl (C=O) groups excluding carboxylic acids is 3. The Balaban J connectivity index is 1.44. The van der Waals surface area contributed by atoms with Gasteiger partial charge in [-0.3, -0.25) is 24.1 Å². The highest BCUT2D eigenvalue weighted by atomic mass is 32.1. The van der Waals surface area contributed by atoms with Gasteiger partial charge in [-0.2, -0.15) is 5.10 Å². The van der Waals surface area contributed by atoms with E-state index in [9.17, 15) is 19.5 Å². The molecular weight excluding hydrogens is 528 g/mol. The van der Waals surface area contributed by atoms with Crippen LogP contribution >= 0.6 is 12.2 Å². The number of phenolic OH excluding ortho intramolecular Hbond substituents is 1. The van der Waals surface area contributed by atoms with Crippen molar-refractivity contribution in [2.45, 2.75) is 13.3 Å². The molecule has 0 saturated carbocycles. The molecule has 2 heterocycles. The van der Waals surface area contributed by atoms with Crippen molar-refractivity contribution >= 4 is 52.4 Å². The second kappa shape index (κ2) is 12.2. The van der Waals surface area contributed by atoms with Crippen molar-refractivity contribution in [3.63, 3.8) is 0 Å². The van der Waals surface area contributed by atoms with Crippen LogP contribution in [-0.2, 0) is 23.1 Å². The van der Waals surface area contributed by atoms with Crippen LogP contribution in [0.5, 0.6) is 5.75 Å². The van der Waals surface area contributed by atoms with E-state index in [1.54, 1.807) is 55.7 Å². The van der Waals surface area contributed by atoms with E-state index in [0.29, 0.717) is 22.5 Å². The lowest BCUT2D eigenvalue weighted by Crippen LogP contribution is -2.27. The molecule has 0 spiro atoms. The number of phenols is 1. The molecule has 10 nitrogen and oxygen atoms in total. The van der Waals surface area contributed by atoms with Crippen molar-refractivity contribution in [3.8, 4) is 17.6 Å².